The van der Waals surface area contributed by atoms with E-state index in [0.29, 0.717) is 29.7 Å². The van der Waals surface area contributed by atoms with E-state index < -0.39 is 0 Å². The van der Waals surface area contributed by atoms with Crippen LogP contribution >= 0.6 is 0 Å². The Morgan fingerprint density at radius 3 is 2.71 bits per heavy atom. The van der Waals surface area contributed by atoms with Crippen molar-refractivity contribution < 1.29 is 9.59 Å². The number of para-hydroxylation sites is 1. The second-order valence-corrected chi connectivity index (χ2v) is 12.6. The van der Waals surface area contributed by atoms with Crippen LogP contribution in [0.1, 0.15) is 70.8 Å². The molecule has 3 saturated carbocycles. The summed E-state index contributed by atoms with van der Waals surface area (Å²) in [5, 5.41) is 4.47. The van der Waals surface area contributed by atoms with Gasteiger partial charge < -0.3 is 15.2 Å². The maximum Gasteiger partial charge on any atom is 0.224 e. The number of aromatic amines is 1. The van der Waals surface area contributed by atoms with Crippen LogP contribution in [0.2, 0.25) is 0 Å². The number of rotatable bonds is 4. The van der Waals surface area contributed by atoms with Gasteiger partial charge in [0, 0.05) is 43.2 Å². The highest BCUT2D eigenvalue weighted by Gasteiger charge is 2.60. The minimum atomic E-state index is 0.137. The van der Waals surface area contributed by atoms with Crippen molar-refractivity contribution in [3.63, 3.8) is 0 Å². The predicted octanol–water partition coefficient (Wildman–Crippen LogP) is 5.31. The predicted molar refractivity (Wildman–Crippen MR) is 139 cm³/mol. The molecular formula is C30H41N3O2. The molecule has 4 aliphatic rings. The molecule has 7 atom stereocenters. The fourth-order valence-corrected chi connectivity index (χ4v) is 9.34. The van der Waals surface area contributed by atoms with Crippen molar-refractivity contribution in [1.82, 2.24) is 15.2 Å². The Bertz CT molecular complexity index is 1140. The first-order valence-electron chi connectivity index (χ1n) is 13.9. The molecule has 35 heavy (non-hydrogen) atoms. The number of nitrogens with one attached hydrogen (secondary N) is 2. The van der Waals surface area contributed by atoms with Gasteiger partial charge in [-0.15, -0.1) is 0 Å². The van der Waals surface area contributed by atoms with Crippen molar-refractivity contribution in [2.45, 2.75) is 77.7 Å². The fraction of sp³-hybridized carbons (Fsp3) is 0.667. The number of piperidine rings is 1. The van der Waals surface area contributed by atoms with Crippen LogP contribution in [-0.2, 0) is 16.0 Å². The van der Waals surface area contributed by atoms with Gasteiger partial charge in [0.05, 0.1) is 6.42 Å². The molecule has 0 radical (unpaired) electrons. The summed E-state index contributed by atoms with van der Waals surface area (Å²) in [5.41, 5.74) is 2.78. The highest BCUT2D eigenvalue weighted by molar-refractivity contribution is 5.88. The third kappa shape index (κ3) is 3.55. The monoisotopic (exact) mass is 475 g/mol. The number of nitrogens with zero attached hydrogens (tertiary/aromatic N) is 1. The van der Waals surface area contributed by atoms with E-state index in [1.54, 1.807) is 0 Å². The summed E-state index contributed by atoms with van der Waals surface area (Å²) >= 11 is 0. The Morgan fingerprint density at radius 1 is 1.06 bits per heavy atom. The molecule has 2 aromatic rings. The number of benzene rings is 1. The smallest absolute Gasteiger partial charge is 0.224 e. The van der Waals surface area contributed by atoms with Crippen LogP contribution < -0.4 is 5.32 Å². The fourth-order valence-electron chi connectivity index (χ4n) is 9.34. The van der Waals surface area contributed by atoms with Gasteiger partial charge in [0.25, 0.3) is 0 Å². The molecule has 1 aromatic heterocycles. The lowest BCUT2D eigenvalue weighted by molar-refractivity contribution is -0.158. The zero-order chi connectivity index (χ0) is 24.4. The third-order valence-electron chi connectivity index (χ3n) is 11.3. The molecule has 1 aromatic carbocycles. The van der Waals surface area contributed by atoms with E-state index in [9.17, 15) is 9.59 Å². The quantitative estimate of drug-likeness (QED) is 0.630. The van der Waals surface area contributed by atoms with Gasteiger partial charge in [0.15, 0.2) is 0 Å². The number of hydrogen-bond donors (Lipinski definition) is 2. The third-order valence-corrected chi connectivity index (χ3v) is 11.3. The zero-order valence-electron chi connectivity index (χ0n) is 21.6. The number of hydrogen-bond acceptors (Lipinski definition) is 2. The van der Waals surface area contributed by atoms with Crippen LogP contribution in [0.25, 0.3) is 10.9 Å². The molecule has 2 unspecified atom stereocenters. The molecular weight excluding hydrogens is 434 g/mol. The van der Waals surface area contributed by atoms with Gasteiger partial charge in [0.2, 0.25) is 11.8 Å². The van der Waals surface area contributed by atoms with E-state index in [4.69, 9.17) is 0 Å². The lowest BCUT2D eigenvalue weighted by Crippen LogP contribution is -2.61. The maximum atomic E-state index is 12.9. The molecule has 1 saturated heterocycles. The van der Waals surface area contributed by atoms with Crippen molar-refractivity contribution in [2.75, 3.05) is 13.6 Å². The average Bonchev–Trinajstić information content (AvgIpc) is 3.41. The number of carbonyl (C=O) groups excluding carboxylic acids is 2. The van der Waals surface area contributed by atoms with E-state index in [0.717, 1.165) is 53.6 Å². The molecule has 2 amide bonds. The van der Waals surface area contributed by atoms with Crippen LogP contribution in [0, 0.1) is 34.5 Å². The minimum Gasteiger partial charge on any atom is -0.361 e. The minimum absolute atomic E-state index is 0.137. The number of likely N-dealkylation sites (tertiary alicyclic amines) is 1. The van der Waals surface area contributed by atoms with E-state index in [-0.39, 0.29) is 11.3 Å². The van der Waals surface area contributed by atoms with Gasteiger partial charge in [0.1, 0.15) is 0 Å². The molecule has 5 nitrogen and oxygen atoms in total. The summed E-state index contributed by atoms with van der Waals surface area (Å²) in [7, 11) is 2.04. The largest absolute Gasteiger partial charge is 0.361 e. The van der Waals surface area contributed by atoms with Gasteiger partial charge in [-0.3, -0.25) is 9.59 Å². The Labute approximate surface area is 209 Å². The van der Waals surface area contributed by atoms with E-state index in [1.165, 1.54) is 38.5 Å². The lowest BCUT2D eigenvalue weighted by Gasteiger charge is -2.61. The van der Waals surface area contributed by atoms with E-state index in [1.807, 2.05) is 25.4 Å². The molecule has 1 aliphatic heterocycles. The van der Waals surface area contributed by atoms with Crippen molar-refractivity contribution >= 4 is 22.7 Å². The van der Waals surface area contributed by atoms with Gasteiger partial charge in [-0.05, 0) is 91.1 Å². The number of fused-ring (bicyclic) bond motifs is 6. The van der Waals surface area contributed by atoms with Crippen LogP contribution in [-0.4, -0.2) is 41.3 Å². The van der Waals surface area contributed by atoms with E-state index >= 15 is 0 Å². The normalized spacial score (nSPS) is 38.7. The molecule has 3 aliphatic carbocycles. The second kappa shape index (κ2) is 8.38. The number of amides is 2. The van der Waals surface area contributed by atoms with Crippen LogP contribution in [0.3, 0.4) is 0 Å². The highest BCUT2D eigenvalue weighted by Crippen LogP contribution is 2.66. The Kier molecular flexibility index (Phi) is 5.54. The number of H-pyrrole nitrogens is 1. The van der Waals surface area contributed by atoms with Gasteiger partial charge in [-0.25, -0.2) is 0 Å². The Hall–Kier alpha value is -2.30. The number of carbonyl (C=O) groups is 2. The van der Waals surface area contributed by atoms with Gasteiger partial charge >= 0.3 is 0 Å². The average molecular weight is 476 g/mol. The molecule has 188 valence electrons. The molecule has 5 heteroatoms. The topological polar surface area (TPSA) is 65.2 Å². The van der Waals surface area contributed by atoms with Crippen molar-refractivity contribution in [3.05, 3.63) is 36.0 Å². The molecule has 0 spiro atoms. The number of aromatic nitrogens is 1. The Balaban J connectivity index is 1.12. The van der Waals surface area contributed by atoms with Crippen molar-refractivity contribution in [1.29, 1.82) is 0 Å². The summed E-state index contributed by atoms with van der Waals surface area (Å²) in [6, 6.07) is 8.63. The maximum absolute atomic E-state index is 12.9. The van der Waals surface area contributed by atoms with Crippen molar-refractivity contribution in [3.8, 4) is 0 Å². The van der Waals surface area contributed by atoms with Crippen molar-refractivity contribution in [2.24, 2.45) is 34.5 Å². The molecule has 4 fully saturated rings. The van der Waals surface area contributed by atoms with Crippen LogP contribution in [0.5, 0.6) is 0 Å². The lowest BCUT2D eigenvalue weighted by atomic mass is 9.47. The summed E-state index contributed by atoms with van der Waals surface area (Å²) < 4.78 is 0. The molecule has 0 bridgehead atoms. The first-order chi connectivity index (χ1) is 16.8. The first-order valence-corrected chi connectivity index (χ1v) is 13.9. The van der Waals surface area contributed by atoms with E-state index in [2.05, 4.69) is 41.2 Å². The zero-order valence-corrected chi connectivity index (χ0v) is 21.6. The standard InChI is InChI=1S/C30H41N3O2/c1-29-14-12-24-22(9-11-26-30(24,2)15-13-28(35)33(26)3)23(29)10-8-20(29)18-32-27(34)16-19-17-31-25-7-5-4-6-21(19)25/h4-7,17,20,22-24,26,31H,8-16,18H2,1-3H3,(H,32,34)/t20?,22-,23-,24+,26?,29+,30+/m0/s1. The molecule has 2 heterocycles. The summed E-state index contributed by atoms with van der Waals surface area (Å²) in [6.45, 7) is 5.84. The molecule has 6 rings (SSSR count). The van der Waals surface area contributed by atoms with Crippen LogP contribution in [0.15, 0.2) is 30.5 Å². The highest BCUT2D eigenvalue weighted by atomic mass is 16.2. The van der Waals surface area contributed by atoms with Gasteiger partial charge in [-0.2, -0.15) is 0 Å². The summed E-state index contributed by atoms with van der Waals surface area (Å²) in [5.74, 6) is 3.34. The molecule has 2 N–H and O–H groups in total. The first kappa shape index (κ1) is 23.1. The second-order valence-electron chi connectivity index (χ2n) is 12.6. The van der Waals surface area contributed by atoms with Gasteiger partial charge in [-0.1, -0.05) is 32.0 Å². The SMILES string of the molecule is CN1C(=O)CC[C@@]2(C)C1CC[C@@H]1[C@H]2CC[C@]2(C)C(CNC(=O)Cc3c[nH]c4ccccc34)CC[C@@H]12. The summed E-state index contributed by atoms with van der Waals surface area (Å²) in [6.07, 6.45) is 11.7. The van der Waals surface area contributed by atoms with Crippen LogP contribution in [0.4, 0.5) is 0 Å². The summed E-state index contributed by atoms with van der Waals surface area (Å²) in [4.78, 5) is 30.7. The Morgan fingerprint density at radius 2 is 1.86 bits per heavy atom.